The lowest BCUT2D eigenvalue weighted by Gasteiger charge is -2.40. The Bertz CT molecular complexity index is 1390. The van der Waals surface area contributed by atoms with Gasteiger partial charge in [0, 0.05) is 31.9 Å². The zero-order valence-corrected chi connectivity index (χ0v) is 23.3. The van der Waals surface area contributed by atoms with Crippen LogP contribution in [0.3, 0.4) is 0 Å². The summed E-state index contributed by atoms with van der Waals surface area (Å²) >= 11 is 5.29. The quantitative estimate of drug-likeness (QED) is 0.253. The fourth-order valence-electron chi connectivity index (χ4n) is 4.27. The Kier molecular flexibility index (Phi) is 10.2. The van der Waals surface area contributed by atoms with E-state index < -0.39 is 81.0 Å². The molecule has 3 rings (SSSR count). The molecular weight excluding hydrogens is 628 g/mol. The molecule has 3 amide bonds. The maximum absolute atomic E-state index is 14.2. The van der Waals surface area contributed by atoms with Crippen molar-refractivity contribution in [1.29, 1.82) is 0 Å². The number of amides is 3. The number of anilines is 1. The Morgan fingerprint density at radius 2 is 1.75 bits per heavy atom. The Labute approximate surface area is 254 Å². The second-order valence-corrected chi connectivity index (χ2v) is 10.3. The highest BCUT2D eigenvalue weighted by Crippen LogP contribution is 2.47. The van der Waals surface area contributed by atoms with Gasteiger partial charge < -0.3 is 25.0 Å². The number of hydrogen-bond acceptors (Lipinski definition) is 5. The molecule has 1 aromatic carbocycles. The number of carbonyl (C=O) groups is 2. The normalized spacial score (nSPS) is 18.4. The number of allylic oxidation sites excluding steroid dienone is 5. The van der Waals surface area contributed by atoms with Gasteiger partial charge >= 0.3 is 24.5 Å². The molecule has 2 heterocycles. The van der Waals surface area contributed by atoms with Crippen molar-refractivity contribution in [1.82, 2.24) is 15.1 Å². The van der Waals surface area contributed by atoms with E-state index in [2.05, 4.69) is 5.32 Å². The zero-order chi connectivity index (χ0) is 33.4. The second kappa shape index (κ2) is 12.7. The lowest BCUT2D eigenvalue weighted by molar-refractivity contribution is -0.143. The largest absolute Gasteiger partial charge is 0.420 e. The molecule has 8 nitrogen and oxygen atoms in total. The number of rotatable bonds is 8. The van der Waals surface area contributed by atoms with Crippen LogP contribution in [0.15, 0.2) is 47.2 Å². The summed E-state index contributed by atoms with van der Waals surface area (Å²) in [6, 6.07) is -1.24. The third-order valence-electron chi connectivity index (χ3n) is 6.39. The number of nitrogens with zero attached hydrogens (tertiary/aromatic N) is 3. The number of hydrogen-bond donors (Lipinski definition) is 2. The van der Waals surface area contributed by atoms with Crippen LogP contribution in [0.5, 0.6) is 5.75 Å². The van der Waals surface area contributed by atoms with Crippen LogP contribution >= 0.6 is 11.6 Å². The minimum atomic E-state index is -5.58. The lowest BCUT2D eigenvalue weighted by Crippen LogP contribution is -2.64. The SMILES string of the molecule is [B]C([B])([B])N(C(=O)Oc1c(N2CCN(CC3(O)CNC3)C2=O)cc(C(F)(F)F)cc1C(F)(F)F)/C(C)=C/C=C(F)\C(Cl)=C\F. The number of halogens is 9. The number of nitrogens with one attached hydrogen (secondary N) is 1. The zero-order valence-electron chi connectivity index (χ0n) is 22.6. The molecular formula is C24H20B3ClF8N4O4. The molecule has 0 aliphatic carbocycles. The molecule has 2 aliphatic rings. The highest BCUT2D eigenvalue weighted by molar-refractivity contribution is 6.59. The summed E-state index contributed by atoms with van der Waals surface area (Å²) in [7, 11) is 16.7. The Morgan fingerprint density at radius 3 is 2.23 bits per heavy atom. The van der Waals surface area contributed by atoms with Crippen molar-refractivity contribution in [2.45, 2.75) is 30.1 Å². The molecule has 20 heteroatoms. The predicted molar refractivity (Wildman–Crippen MR) is 144 cm³/mol. The topological polar surface area (TPSA) is 85.3 Å². The van der Waals surface area contributed by atoms with E-state index in [-0.39, 0.29) is 49.5 Å². The number of ether oxygens (including phenoxy) is 1. The van der Waals surface area contributed by atoms with Crippen LogP contribution in [0.4, 0.5) is 50.4 Å². The molecule has 2 fully saturated rings. The van der Waals surface area contributed by atoms with E-state index in [9.17, 15) is 49.8 Å². The number of urea groups is 1. The minimum Gasteiger partial charge on any atom is -0.407 e. The molecule has 0 unspecified atom stereocenters. The maximum Gasteiger partial charge on any atom is 0.420 e. The van der Waals surface area contributed by atoms with Crippen LogP contribution in [0.1, 0.15) is 18.1 Å². The first-order valence-electron chi connectivity index (χ1n) is 12.3. The van der Waals surface area contributed by atoms with E-state index in [1.165, 1.54) is 0 Å². The summed E-state index contributed by atoms with van der Waals surface area (Å²) in [5.74, 6) is -2.91. The van der Waals surface area contributed by atoms with Gasteiger partial charge in [0.15, 0.2) is 5.75 Å². The van der Waals surface area contributed by atoms with Gasteiger partial charge in [0.25, 0.3) is 0 Å². The number of β-amino-alcohol motifs (C(OH)–C–C–N with tert-alkyl or cyclic N) is 1. The number of benzene rings is 1. The van der Waals surface area contributed by atoms with E-state index in [0.717, 1.165) is 11.8 Å². The third kappa shape index (κ3) is 7.91. The first-order chi connectivity index (χ1) is 20.1. The van der Waals surface area contributed by atoms with Crippen molar-refractivity contribution in [2.24, 2.45) is 0 Å². The predicted octanol–water partition coefficient (Wildman–Crippen LogP) is 4.03. The van der Waals surface area contributed by atoms with Gasteiger partial charge in [-0.2, -0.15) is 26.3 Å². The van der Waals surface area contributed by atoms with E-state index in [0.29, 0.717) is 17.1 Å². The molecule has 2 N–H and O–H groups in total. The van der Waals surface area contributed by atoms with Gasteiger partial charge in [0.1, 0.15) is 28.4 Å². The van der Waals surface area contributed by atoms with Crippen LogP contribution in [-0.2, 0) is 12.4 Å². The van der Waals surface area contributed by atoms with Crippen molar-refractivity contribution in [3.63, 3.8) is 0 Å². The van der Waals surface area contributed by atoms with E-state index in [1.54, 1.807) is 0 Å². The average molecular weight is 648 g/mol. The average Bonchev–Trinajstić information content (AvgIpc) is 3.22. The standard InChI is InChI=1S/C24H20B3ClF8N4O4/c1-12(2-3-16(30)15(28)8-29)40(24(25,26)27)20(42)44-18-14(23(34,35)36)6-13(22(31,32)33)7-17(18)39-5-4-38(19(39)41)11-21(43)9-37-10-21/h2-3,6-8,37,43H,4-5,9-11H2,1H3/b12-2+,15-8-,16-3+. The van der Waals surface area contributed by atoms with Crippen LogP contribution in [0, 0.1) is 0 Å². The number of aliphatic hydroxyl groups is 1. The highest BCUT2D eigenvalue weighted by Gasteiger charge is 2.46. The minimum absolute atomic E-state index is 0.0818. The summed E-state index contributed by atoms with van der Waals surface area (Å²) in [4.78, 5) is 28.0. The molecule has 44 heavy (non-hydrogen) atoms. The van der Waals surface area contributed by atoms with Crippen molar-refractivity contribution < 1.29 is 54.6 Å². The Morgan fingerprint density at radius 1 is 1.14 bits per heavy atom. The van der Waals surface area contributed by atoms with Crippen molar-refractivity contribution >= 4 is 53.0 Å². The van der Waals surface area contributed by atoms with Crippen LogP contribution in [-0.4, -0.2) is 94.1 Å². The first kappa shape index (κ1) is 35.3. The fourth-order valence-corrected chi connectivity index (χ4v) is 4.33. The van der Waals surface area contributed by atoms with E-state index >= 15 is 0 Å². The Hall–Kier alpha value is -3.18. The smallest absolute Gasteiger partial charge is 0.407 e. The van der Waals surface area contributed by atoms with Gasteiger partial charge in [0.2, 0.25) is 0 Å². The molecule has 0 bridgehead atoms. The van der Waals surface area contributed by atoms with Gasteiger partial charge in [-0.1, -0.05) is 16.8 Å². The fraction of sp³-hybridized carbons (Fsp3) is 0.417. The number of carbonyl (C=O) groups excluding carboxylic acids is 2. The third-order valence-corrected chi connectivity index (χ3v) is 6.65. The van der Waals surface area contributed by atoms with Gasteiger partial charge in [-0.05, 0) is 31.2 Å². The van der Waals surface area contributed by atoms with E-state index in [1.807, 2.05) is 0 Å². The monoisotopic (exact) mass is 648 g/mol. The molecule has 0 aromatic heterocycles. The summed E-state index contributed by atoms with van der Waals surface area (Å²) in [6.07, 6.45) is -11.9. The molecule has 232 valence electrons. The molecule has 0 saturated carbocycles. The molecule has 0 atom stereocenters. The van der Waals surface area contributed by atoms with Crippen LogP contribution in [0.2, 0.25) is 0 Å². The van der Waals surface area contributed by atoms with Gasteiger partial charge in [-0.3, -0.25) is 4.90 Å². The van der Waals surface area contributed by atoms with Gasteiger partial charge in [0.05, 0.1) is 41.3 Å². The van der Waals surface area contributed by atoms with E-state index in [4.69, 9.17) is 39.9 Å². The highest BCUT2D eigenvalue weighted by atomic mass is 35.5. The van der Waals surface area contributed by atoms with Gasteiger partial charge in [-0.25, -0.2) is 18.4 Å². The summed E-state index contributed by atoms with van der Waals surface area (Å²) in [5.41, 5.74) is -6.91. The molecule has 2 saturated heterocycles. The van der Waals surface area contributed by atoms with Gasteiger partial charge in [-0.15, -0.1) is 0 Å². The lowest BCUT2D eigenvalue weighted by atomic mass is 9.48. The second-order valence-electron chi connectivity index (χ2n) is 9.92. The molecule has 1 aromatic rings. The van der Waals surface area contributed by atoms with Crippen molar-refractivity contribution in [3.05, 3.63) is 58.3 Å². The van der Waals surface area contributed by atoms with Crippen LogP contribution in [0.25, 0.3) is 0 Å². The number of alkyl halides is 6. The van der Waals surface area contributed by atoms with Crippen molar-refractivity contribution in [2.75, 3.05) is 37.6 Å². The molecule has 6 radical (unpaired) electrons. The Balaban J connectivity index is 2.15. The summed E-state index contributed by atoms with van der Waals surface area (Å²) in [6.45, 7) is 0.187. The molecule has 2 aliphatic heterocycles. The summed E-state index contributed by atoms with van der Waals surface area (Å²) < 4.78 is 115. The molecule has 0 spiro atoms. The van der Waals surface area contributed by atoms with Crippen molar-refractivity contribution in [3.8, 4) is 5.75 Å². The maximum atomic E-state index is 14.2. The first-order valence-corrected chi connectivity index (χ1v) is 12.7. The van der Waals surface area contributed by atoms with Crippen LogP contribution < -0.4 is 15.0 Å². The summed E-state index contributed by atoms with van der Waals surface area (Å²) in [5, 5.41) is 9.39.